The van der Waals surface area contributed by atoms with E-state index in [0.717, 1.165) is 31.7 Å². The maximum atomic E-state index is 13.7. The minimum Gasteiger partial charge on any atom is -0.494 e. The number of aryl methyl sites for hydroxylation is 1. The fourth-order valence-electron chi connectivity index (χ4n) is 2.88. The molecule has 2 aromatic rings. The molecule has 3 rings (SSSR count). The van der Waals surface area contributed by atoms with Crippen LogP contribution in [0, 0.1) is 11.7 Å². The molecule has 0 aliphatic carbocycles. The fourth-order valence-corrected chi connectivity index (χ4v) is 2.88. The molecule has 6 nitrogen and oxygen atoms in total. The van der Waals surface area contributed by atoms with E-state index in [1.165, 1.54) is 13.2 Å². The maximum Gasteiger partial charge on any atom is 0.225 e. The number of amides is 1. The van der Waals surface area contributed by atoms with Crippen LogP contribution in [0.2, 0.25) is 0 Å². The third-order valence-electron chi connectivity index (χ3n) is 4.30. The second kappa shape index (κ2) is 8.11. The van der Waals surface area contributed by atoms with E-state index >= 15 is 0 Å². The zero-order valence-corrected chi connectivity index (χ0v) is 14.2. The van der Waals surface area contributed by atoms with Crippen molar-refractivity contribution in [1.82, 2.24) is 9.78 Å². The van der Waals surface area contributed by atoms with Gasteiger partial charge in [-0.3, -0.25) is 4.79 Å². The number of nitrogens with one attached hydrogen (secondary N) is 1. The zero-order chi connectivity index (χ0) is 17.6. The first-order valence-corrected chi connectivity index (χ1v) is 8.37. The lowest BCUT2D eigenvalue weighted by atomic mass is 10.1. The second-order valence-electron chi connectivity index (χ2n) is 6.15. The molecular weight excluding hydrogens is 325 g/mol. The first-order chi connectivity index (χ1) is 12.2. The van der Waals surface area contributed by atoms with E-state index in [4.69, 9.17) is 9.47 Å². The van der Waals surface area contributed by atoms with Gasteiger partial charge >= 0.3 is 0 Å². The molecule has 1 saturated heterocycles. The van der Waals surface area contributed by atoms with Gasteiger partial charge in [-0.25, -0.2) is 9.07 Å². The Morgan fingerprint density at radius 1 is 1.48 bits per heavy atom. The van der Waals surface area contributed by atoms with Crippen LogP contribution >= 0.6 is 0 Å². The fraction of sp³-hybridized carbons (Fsp3) is 0.444. The minimum atomic E-state index is -0.419. The number of carbonyl (C=O) groups is 1. The van der Waals surface area contributed by atoms with Crippen LogP contribution in [-0.4, -0.2) is 36.0 Å². The molecule has 25 heavy (non-hydrogen) atoms. The highest BCUT2D eigenvalue weighted by molar-refractivity contribution is 5.89. The highest BCUT2D eigenvalue weighted by Crippen LogP contribution is 2.19. The molecule has 1 aromatic carbocycles. The van der Waals surface area contributed by atoms with Crippen molar-refractivity contribution in [2.75, 3.05) is 25.6 Å². The third kappa shape index (κ3) is 4.57. The van der Waals surface area contributed by atoms with Crippen molar-refractivity contribution in [2.45, 2.75) is 25.8 Å². The van der Waals surface area contributed by atoms with Crippen molar-refractivity contribution in [1.29, 1.82) is 0 Å². The molecule has 1 atom stereocenters. The monoisotopic (exact) mass is 347 g/mol. The van der Waals surface area contributed by atoms with Crippen molar-refractivity contribution < 1.29 is 18.7 Å². The number of aromatic nitrogens is 2. The molecule has 1 amide bonds. The van der Waals surface area contributed by atoms with Crippen molar-refractivity contribution in [3.05, 3.63) is 41.8 Å². The molecule has 1 aromatic heterocycles. The summed E-state index contributed by atoms with van der Waals surface area (Å²) in [5.41, 5.74) is 0.755. The number of benzene rings is 1. The Bertz CT molecular complexity index is 726. The number of carbonyl (C=O) groups excluding carboxylic acids is 1. The summed E-state index contributed by atoms with van der Waals surface area (Å²) < 4.78 is 25.7. The molecule has 1 N–H and O–H groups in total. The molecular formula is C18H22FN3O3. The van der Waals surface area contributed by atoms with E-state index in [9.17, 15) is 9.18 Å². The van der Waals surface area contributed by atoms with Gasteiger partial charge in [0.15, 0.2) is 11.6 Å². The van der Waals surface area contributed by atoms with Gasteiger partial charge in [0.05, 0.1) is 19.9 Å². The Kier molecular flexibility index (Phi) is 5.65. The van der Waals surface area contributed by atoms with Gasteiger partial charge in [0.25, 0.3) is 0 Å². The van der Waals surface area contributed by atoms with Gasteiger partial charge in [0.1, 0.15) is 5.82 Å². The van der Waals surface area contributed by atoms with E-state index in [0.29, 0.717) is 18.2 Å². The number of halogens is 1. The number of methoxy groups -OCH3 is 1. The summed E-state index contributed by atoms with van der Waals surface area (Å²) in [4.78, 5) is 12.2. The van der Waals surface area contributed by atoms with Gasteiger partial charge in [0.2, 0.25) is 5.91 Å². The van der Waals surface area contributed by atoms with Gasteiger partial charge in [-0.05, 0) is 30.5 Å². The standard InChI is InChI=1S/C18H22FN3O3/c1-24-16-4-2-13(10-15(16)19)3-5-18(23)21-17-6-8-20-22(17)11-14-7-9-25-12-14/h2,4,6,8,10,14H,3,5,7,9,11-12H2,1H3,(H,21,23). The number of anilines is 1. The topological polar surface area (TPSA) is 65.4 Å². The Morgan fingerprint density at radius 3 is 3.08 bits per heavy atom. The molecule has 7 heteroatoms. The average Bonchev–Trinajstić information content (AvgIpc) is 3.26. The molecule has 2 heterocycles. The molecule has 1 unspecified atom stereocenters. The Morgan fingerprint density at radius 2 is 2.36 bits per heavy atom. The molecule has 0 saturated carbocycles. The van der Waals surface area contributed by atoms with Crippen LogP contribution in [-0.2, 0) is 22.5 Å². The van der Waals surface area contributed by atoms with E-state index in [1.807, 2.05) is 0 Å². The first-order valence-electron chi connectivity index (χ1n) is 8.37. The van der Waals surface area contributed by atoms with Gasteiger partial charge in [-0.2, -0.15) is 5.10 Å². The van der Waals surface area contributed by atoms with Crippen molar-refractivity contribution >= 4 is 11.7 Å². The van der Waals surface area contributed by atoms with Crippen LogP contribution in [0.4, 0.5) is 10.2 Å². The van der Waals surface area contributed by atoms with Crippen molar-refractivity contribution in [3.8, 4) is 5.75 Å². The molecule has 0 radical (unpaired) electrons. The molecule has 1 aliphatic heterocycles. The van der Waals surface area contributed by atoms with E-state index in [2.05, 4.69) is 10.4 Å². The van der Waals surface area contributed by atoms with Crippen molar-refractivity contribution in [3.63, 3.8) is 0 Å². The van der Waals surface area contributed by atoms with Crippen LogP contribution in [0.25, 0.3) is 0 Å². The van der Waals surface area contributed by atoms with Crippen LogP contribution in [0.3, 0.4) is 0 Å². The first kappa shape index (κ1) is 17.4. The predicted octanol–water partition coefficient (Wildman–Crippen LogP) is 2.64. The molecule has 1 aliphatic rings. The van der Waals surface area contributed by atoms with Crippen LogP contribution in [0.15, 0.2) is 30.5 Å². The summed E-state index contributed by atoms with van der Waals surface area (Å²) >= 11 is 0. The normalized spacial score (nSPS) is 16.8. The zero-order valence-electron chi connectivity index (χ0n) is 14.2. The SMILES string of the molecule is COc1ccc(CCC(=O)Nc2ccnn2CC2CCOC2)cc1F. The number of hydrogen-bond donors (Lipinski definition) is 1. The second-order valence-corrected chi connectivity index (χ2v) is 6.15. The van der Waals surface area contributed by atoms with Crippen molar-refractivity contribution in [2.24, 2.45) is 5.92 Å². The number of rotatable bonds is 7. The number of ether oxygens (including phenoxy) is 2. The molecule has 0 spiro atoms. The summed E-state index contributed by atoms with van der Waals surface area (Å²) in [5.74, 6) is 0.765. The maximum absolute atomic E-state index is 13.7. The van der Waals surface area contributed by atoms with Gasteiger partial charge in [-0.15, -0.1) is 0 Å². The summed E-state index contributed by atoms with van der Waals surface area (Å²) in [6, 6.07) is 6.51. The summed E-state index contributed by atoms with van der Waals surface area (Å²) in [5, 5.41) is 7.14. The lowest BCUT2D eigenvalue weighted by molar-refractivity contribution is -0.116. The lowest BCUT2D eigenvalue weighted by Crippen LogP contribution is -2.19. The Balaban J connectivity index is 1.52. The minimum absolute atomic E-state index is 0.124. The van der Waals surface area contributed by atoms with Crippen LogP contribution in [0.5, 0.6) is 5.75 Å². The van der Waals surface area contributed by atoms with Crippen LogP contribution < -0.4 is 10.1 Å². The smallest absolute Gasteiger partial charge is 0.225 e. The van der Waals surface area contributed by atoms with E-state index in [1.54, 1.807) is 29.1 Å². The number of hydrogen-bond acceptors (Lipinski definition) is 4. The quantitative estimate of drug-likeness (QED) is 0.836. The Hall–Kier alpha value is -2.41. The largest absolute Gasteiger partial charge is 0.494 e. The highest BCUT2D eigenvalue weighted by atomic mass is 19.1. The third-order valence-corrected chi connectivity index (χ3v) is 4.30. The van der Waals surface area contributed by atoms with Gasteiger partial charge < -0.3 is 14.8 Å². The molecule has 0 bridgehead atoms. The van der Waals surface area contributed by atoms with Gasteiger partial charge in [0, 0.05) is 31.6 Å². The predicted molar refractivity (Wildman–Crippen MR) is 91.1 cm³/mol. The summed E-state index contributed by atoms with van der Waals surface area (Å²) in [6.45, 7) is 2.24. The highest BCUT2D eigenvalue weighted by Gasteiger charge is 2.18. The average molecular weight is 347 g/mol. The van der Waals surface area contributed by atoms with Gasteiger partial charge in [-0.1, -0.05) is 6.07 Å². The summed E-state index contributed by atoms with van der Waals surface area (Å²) in [7, 11) is 1.42. The van der Waals surface area contributed by atoms with Crippen LogP contribution in [0.1, 0.15) is 18.4 Å². The van der Waals surface area contributed by atoms with E-state index < -0.39 is 5.82 Å². The lowest BCUT2D eigenvalue weighted by Gasteiger charge is -2.12. The van der Waals surface area contributed by atoms with E-state index in [-0.39, 0.29) is 18.1 Å². The number of nitrogens with zero attached hydrogens (tertiary/aromatic N) is 2. The molecule has 1 fully saturated rings. The summed E-state index contributed by atoms with van der Waals surface area (Å²) in [6.07, 6.45) is 3.40. The Labute approximate surface area is 145 Å². The molecule has 134 valence electrons.